The number of nitrogens with two attached hydrogens (primary N) is 1. The van der Waals surface area contributed by atoms with Crippen molar-refractivity contribution < 1.29 is 0 Å². The van der Waals surface area contributed by atoms with Crippen molar-refractivity contribution in [2.75, 3.05) is 11.6 Å². The number of rotatable bonds is 4. The molecule has 6 heteroatoms. The Morgan fingerprint density at radius 3 is 2.80 bits per heavy atom. The van der Waals surface area contributed by atoms with Crippen LogP contribution in [0.4, 0.5) is 5.13 Å². The van der Waals surface area contributed by atoms with Gasteiger partial charge in [-0.1, -0.05) is 54.2 Å². The predicted octanol–water partition coefficient (Wildman–Crippen LogP) is 3.48. The molecule has 0 amide bonds. The number of hydrogen-bond acceptors (Lipinski definition) is 6. The van der Waals surface area contributed by atoms with Gasteiger partial charge in [-0.15, -0.1) is 0 Å². The van der Waals surface area contributed by atoms with Gasteiger partial charge in [0.05, 0.1) is 0 Å². The van der Waals surface area contributed by atoms with E-state index < -0.39 is 0 Å². The molecule has 20 heavy (non-hydrogen) atoms. The quantitative estimate of drug-likeness (QED) is 0.570. The molecule has 0 saturated heterocycles. The zero-order valence-corrected chi connectivity index (χ0v) is 12.5. The average Bonchev–Trinajstić information content (AvgIpc) is 2.94. The van der Waals surface area contributed by atoms with E-state index in [9.17, 15) is 0 Å². The van der Waals surface area contributed by atoms with Crippen LogP contribution in [0.3, 0.4) is 0 Å². The van der Waals surface area contributed by atoms with E-state index in [1.165, 1.54) is 28.7 Å². The molecule has 1 heterocycles. The number of aromatic nitrogens is 2. The van der Waals surface area contributed by atoms with Crippen LogP contribution in [0.1, 0.15) is 11.7 Å². The van der Waals surface area contributed by atoms with Gasteiger partial charge in [-0.2, -0.15) is 9.36 Å². The van der Waals surface area contributed by atoms with Crippen molar-refractivity contribution in [3.05, 3.63) is 48.0 Å². The average molecular weight is 302 g/mol. The summed E-state index contributed by atoms with van der Waals surface area (Å²) < 4.78 is 4.22. The highest BCUT2D eigenvalue weighted by atomic mass is 32.2. The number of thioether (sulfide) groups is 1. The molecule has 3 aromatic rings. The lowest BCUT2D eigenvalue weighted by atomic mass is 10.0. The summed E-state index contributed by atoms with van der Waals surface area (Å²) >= 11 is 2.85. The first-order valence-corrected chi connectivity index (χ1v) is 8.15. The molecule has 2 aromatic carbocycles. The topological polar surface area (TPSA) is 63.8 Å². The van der Waals surface area contributed by atoms with Crippen molar-refractivity contribution in [2.45, 2.75) is 11.3 Å². The van der Waals surface area contributed by atoms with Crippen molar-refractivity contribution in [3.63, 3.8) is 0 Å². The van der Waals surface area contributed by atoms with Gasteiger partial charge in [0.2, 0.25) is 10.3 Å². The second kappa shape index (κ2) is 5.78. The van der Waals surface area contributed by atoms with E-state index in [2.05, 4.69) is 32.9 Å². The van der Waals surface area contributed by atoms with Crippen LogP contribution in [0, 0.1) is 0 Å². The lowest BCUT2D eigenvalue weighted by Gasteiger charge is -2.15. The van der Waals surface area contributed by atoms with Crippen molar-refractivity contribution >= 4 is 39.2 Å². The highest BCUT2D eigenvalue weighted by molar-refractivity contribution is 7.98. The number of nitrogens with one attached hydrogen (secondary N) is 1. The summed E-state index contributed by atoms with van der Waals surface area (Å²) in [4.78, 5) is 4.35. The van der Waals surface area contributed by atoms with Gasteiger partial charge in [0.1, 0.15) is 6.17 Å². The molecule has 0 fully saturated rings. The third-order valence-electron chi connectivity index (χ3n) is 3.03. The Kier molecular flexibility index (Phi) is 3.86. The largest absolute Gasteiger partial charge is 0.341 e. The normalized spacial score (nSPS) is 12.5. The van der Waals surface area contributed by atoms with Gasteiger partial charge in [0, 0.05) is 11.5 Å². The third kappa shape index (κ3) is 2.63. The summed E-state index contributed by atoms with van der Waals surface area (Å²) in [6.07, 6.45) is 1.65. The molecule has 0 aliphatic rings. The van der Waals surface area contributed by atoms with Crippen LogP contribution in [0.2, 0.25) is 0 Å². The summed E-state index contributed by atoms with van der Waals surface area (Å²) in [7, 11) is 0. The van der Waals surface area contributed by atoms with E-state index in [4.69, 9.17) is 5.73 Å². The van der Waals surface area contributed by atoms with Crippen LogP contribution in [0.15, 0.2) is 47.6 Å². The van der Waals surface area contributed by atoms with Crippen LogP contribution in [0.25, 0.3) is 10.8 Å². The van der Waals surface area contributed by atoms with Gasteiger partial charge >= 0.3 is 0 Å². The number of hydrogen-bond donors (Lipinski definition) is 2. The molecule has 1 atom stereocenters. The van der Waals surface area contributed by atoms with E-state index in [1.807, 2.05) is 30.5 Å². The SMILES string of the molecule is CSc1nsc(NC(N)c2cccc3ccccc23)n1. The molecular formula is C14H14N4S2. The Morgan fingerprint density at radius 2 is 2.00 bits per heavy atom. The second-order valence-electron chi connectivity index (χ2n) is 4.28. The maximum atomic E-state index is 6.26. The van der Waals surface area contributed by atoms with Crippen molar-refractivity contribution in [3.8, 4) is 0 Å². The molecule has 4 nitrogen and oxygen atoms in total. The molecule has 3 rings (SSSR count). The van der Waals surface area contributed by atoms with Gasteiger partial charge in [0.25, 0.3) is 0 Å². The standard InChI is InChI=1S/C14H14N4S2/c1-19-14-17-13(20-18-14)16-12(15)11-8-4-6-9-5-2-3-7-10(9)11/h2-8,12H,15H2,1H3,(H,16,17,18). The number of benzene rings is 2. The number of anilines is 1. The van der Waals surface area contributed by atoms with Crippen LogP contribution < -0.4 is 11.1 Å². The minimum atomic E-state index is -0.302. The van der Waals surface area contributed by atoms with E-state index in [0.717, 1.165) is 21.2 Å². The zero-order chi connectivity index (χ0) is 13.9. The monoisotopic (exact) mass is 302 g/mol. The van der Waals surface area contributed by atoms with Crippen molar-refractivity contribution in [1.82, 2.24) is 9.36 Å². The minimum Gasteiger partial charge on any atom is -0.341 e. The second-order valence-corrected chi connectivity index (χ2v) is 5.80. The van der Waals surface area contributed by atoms with Crippen molar-refractivity contribution in [2.24, 2.45) is 5.73 Å². The fourth-order valence-corrected chi connectivity index (χ4v) is 3.25. The maximum absolute atomic E-state index is 6.26. The first kappa shape index (κ1) is 13.4. The molecule has 0 aliphatic carbocycles. The van der Waals surface area contributed by atoms with Gasteiger partial charge in [-0.05, 0) is 22.6 Å². The van der Waals surface area contributed by atoms with Crippen LogP contribution in [-0.4, -0.2) is 15.6 Å². The number of fused-ring (bicyclic) bond motifs is 1. The van der Waals surface area contributed by atoms with Gasteiger partial charge in [-0.25, -0.2) is 0 Å². The van der Waals surface area contributed by atoms with Crippen LogP contribution in [-0.2, 0) is 0 Å². The fourth-order valence-electron chi connectivity index (χ4n) is 2.08. The van der Waals surface area contributed by atoms with E-state index in [-0.39, 0.29) is 6.17 Å². The third-order valence-corrected chi connectivity index (χ3v) is 4.34. The fraction of sp³-hybridized carbons (Fsp3) is 0.143. The number of nitrogens with zero attached hydrogens (tertiary/aromatic N) is 2. The smallest absolute Gasteiger partial charge is 0.204 e. The maximum Gasteiger partial charge on any atom is 0.204 e. The zero-order valence-electron chi connectivity index (χ0n) is 10.9. The van der Waals surface area contributed by atoms with Gasteiger partial charge in [0.15, 0.2) is 0 Å². The molecule has 0 bridgehead atoms. The summed E-state index contributed by atoms with van der Waals surface area (Å²) in [6, 6.07) is 14.4. The first-order valence-electron chi connectivity index (χ1n) is 6.15. The lowest BCUT2D eigenvalue weighted by molar-refractivity contribution is 0.838. The van der Waals surface area contributed by atoms with Gasteiger partial charge in [-0.3, -0.25) is 0 Å². The Bertz CT molecular complexity index is 721. The van der Waals surface area contributed by atoms with E-state index in [0.29, 0.717) is 0 Å². The van der Waals surface area contributed by atoms with E-state index in [1.54, 1.807) is 0 Å². The lowest BCUT2D eigenvalue weighted by Crippen LogP contribution is -2.20. The highest BCUT2D eigenvalue weighted by Crippen LogP contribution is 2.25. The molecule has 3 N–H and O–H groups in total. The molecule has 0 aliphatic heterocycles. The van der Waals surface area contributed by atoms with Crippen LogP contribution in [0.5, 0.6) is 0 Å². The predicted molar refractivity (Wildman–Crippen MR) is 86.2 cm³/mol. The molecule has 0 radical (unpaired) electrons. The Morgan fingerprint density at radius 1 is 1.20 bits per heavy atom. The minimum absolute atomic E-state index is 0.302. The summed E-state index contributed by atoms with van der Waals surface area (Å²) in [6.45, 7) is 0. The van der Waals surface area contributed by atoms with Crippen molar-refractivity contribution in [1.29, 1.82) is 0 Å². The molecule has 0 saturated carbocycles. The van der Waals surface area contributed by atoms with E-state index >= 15 is 0 Å². The van der Waals surface area contributed by atoms with Crippen LogP contribution >= 0.6 is 23.3 Å². The first-order chi connectivity index (χ1) is 9.78. The highest BCUT2D eigenvalue weighted by Gasteiger charge is 2.11. The van der Waals surface area contributed by atoms with Gasteiger partial charge < -0.3 is 11.1 Å². The Balaban J connectivity index is 1.90. The summed E-state index contributed by atoms with van der Waals surface area (Å²) in [5, 5.41) is 7.07. The molecule has 1 unspecified atom stereocenters. The summed E-state index contributed by atoms with van der Waals surface area (Å²) in [5.41, 5.74) is 7.32. The Hall–Kier alpha value is -1.63. The molecular weight excluding hydrogens is 288 g/mol. The summed E-state index contributed by atoms with van der Waals surface area (Å²) in [5.74, 6) is 0. The molecule has 102 valence electrons. The Labute approximate surface area is 125 Å². The molecule has 0 spiro atoms. The molecule has 1 aromatic heterocycles.